The van der Waals surface area contributed by atoms with E-state index >= 15 is 0 Å². The van der Waals surface area contributed by atoms with Crippen LogP contribution in [0.3, 0.4) is 0 Å². The van der Waals surface area contributed by atoms with Crippen LogP contribution in [0, 0.1) is 5.41 Å². The highest BCUT2D eigenvalue weighted by molar-refractivity contribution is 4.93. The molecule has 0 saturated heterocycles. The number of hydrogen-bond donors (Lipinski definition) is 0. The molecule has 2 saturated carbocycles. The fourth-order valence-electron chi connectivity index (χ4n) is 1.85. The summed E-state index contributed by atoms with van der Waals surface area (Å²) >= 11 is 0. The maximum atomic E-state index is 2.00. The van der Waals surface area contributed by atoms with Crippen molar-refractivity contribution >= 4 is 0 Å². The molecule has 1 spiro atoms. The molecular formula is C11H24. The predicted octanol–water partition coefficient (Wildman–Crippen LogP) is 4.39. The van der Waals surface area contributed by atoms with Crippen LogP contribution >= 0.6 is 0 Å². The zero-order valence-corrected chi connectivity index (χ0v) is 8.74. The maximum Gasteiger partial charge on any atom is -0.0297 e. The van der Waals surface area contributed by atoms with Gasteiger partial charge in [0.2, 0.25) is 0 Å². The van der Waals surface area contributed by atoms with Crippen molar-refractivity contribution in [2.24, 2.45) is 5.41 Å². The van der Waals surface area contributed by atoms with Gasteiger partial charge in [-0.1, -0.05) is 40.5 Å². The van der Waals surface area contributed by atoms with E-state index in [0.29, 0.717) is 0 Å². The molecule has 2 aliphatic rings. The van der Waals surface area contributed by atoms with Crippen molar-refractivity contribution in [3.05, 3.63) is 0 Å². The van der Waals surface area contributed by atoms with Crippen LogP contribution in [-0.2, 0) is 0 Å². The van der Waals surface area contributed by atoms with E-state index in [1.54, 1.807) is 25.7 Å². The van der Waals surface area contributed by atoms with Gasteiger partial charge in [0.15, 0.2) is 0 Å². The summed E-state index contributed by atoms with van der Waals surface area (Å²) in [6.07, 6.45) is 9.31. The molecular weight excluding hydrogens is 132 g/mol. The quantitative estimate of drug-likeness (QED) is 0.488. The second-order valence-corrected chi connectivity index (χ2v) is 3.21. The molecule has 2 rings (SSSR count). The van der Waals surface area contributed by atoms with Crippen molar-refractivity contribution in [3.63, 3.8) is 0 Å². The van der Waals surface area contributed by atoms with Gasteiger partial charge in [-0.15, -0.1) is 0 Å². The normalized spacial score (nSPS) is 22.9. The van der Waals surface area contributed by atoms with Gasteiger partial charge in [0.25, 0.3) is 0 Å². The minimum absolute atomic E-state index is 0.944. The summed E-state index contributed by atoms with van der Waals surface area (Å²) in [4.78, 5) is 0. The summed E-state index contributed by atoms with van der Waals surface area (Å²) < 4.78 is 0. The Balaban J connectivity index is 0.000000222. The second-order valence-electron chi connectivity index (χ2n) is 3.21. The molecule has 0 aromatic rings. The minimum atomic E-state index is 0.944. The highest BCUT2D eigenvalue weighted by atomic mass is 14.5. The monoisotopic (exact) mass is 156 g/mol. The van der Waals surface area contributed by atoms with Crippen LogP contribution in [0.5, 0.6) is 0 Å². The van der Waals surface area contributed by atoms with Crippen LogP contribution in [-0.4, -0.2) is 0 Å². The molecule has 0 heteroatoms. The summed E-state index contributed by atoms with van der Waals surface area (Å²) in [6.45, 7) is 8.00. The first-order valence-corrected chi connectivity index (χ1v) is 5.41. The van der Waals surface area contributed by atoms with Crippen LogP contribution < -0.4 is 0 Å². The Kier molecular flexibility index (Phi) is 5.62. The van der Waals surface area contributed by atoms with Gasteiger partial charge in [-0.2, -0.15) is 0 Å². The highest BCUT2D eigenvalue weighted by Crippen LogP contribution is 2.55. The van der Waals surface area contributed by atoms with E-state index < -0.39 is 0 Å². The molecule has 0 aromatic heterocycles. The van der Waals surface area contributed by atoms with E-state index in [4.69, 9.17) is 0 Å². The van der Waals surface area contributed by atoms with Crippen molar-refractivity contribution in [1.29, 1.82) is 0 Å². The molecule has 2 aliphatic carbocycles. The standard InChI is InChI=1S/C7H12.2C2H6/c1-3-7(4-1)5-2-6-7;2*1-2/h1-6H2;2*1-2H3. The van der Waals surface area contributed by atoms with Gasteiger partial charge >= 0.3 is 0 Å². The summed E-state index contributed by atoms with van der Waals surface area (Å²) in [6, 6.07) is 0. The topological polar surface area (TPSA) is 0 Å². The van der Waals surface area contributed by atoms with Crippen LogP contribution in [0.2, 0.25) is 0 Å². The molecule has 2 fully saturated rings. The van der Waals surface area contributed by atoms with Gasteiger partial charge in [-0.25, -0.2) is 0 Å². The van der Waals surface area contributed by atoms with Crippen LogP contribution in [0.1, 0.15) is 66.2 Å². The molecule has 0 heterocycles. The Labute approximate surface area is 72.4 Å². The van der Waals surface area contributed by atoms with Gasteiger partial charge in [0.1, 0.15) is 0 Å². The van der Waals surface area contributed by atoms with Gasteiger partial charge in [0, 0.05) is 0 Å². The Hall–Kier alpha value is 0. The van der Waals surface area contributed by atoms with Gasteiger partial charge in [-0.3, -0.25) is 0 Å². The van der Waals surface area contributed by atoms with E-state index in [2.05, 4.69) is 0 Å². The molecule has 0 unspecified atom stereocenters. The molecule has 11 heavy (non-hydrogen) atoms. The SMILES string of the molecule is C1CC2(C1)CCC2.CC.CC. The van der Waals surface area contributed by atoms with E-state index in [0.717, 1.165) is 5.41 Å². The molecule has 0 bridgehead atoms. The average Bonchev–Trinajstić information content (AvgIpc) is 1.90. The van der Waals surface area contributed by atoms with Crippen molar-refractivity contribution in [3.8, 4) is 0 Å². The van der Waals surface area contributed by atoms with Crippen LogP contribution in [0.25, 0.3) is 0 Å². The predicted molar refractivity (Wildman–Crippen MR) is 52.8 cm³/mol. The third kappa shape index (κ3) is 2.50. The first-order chi connectivity index (χ1) is 5.41. The average molecular weight is 156 g/mol. The molecule has 0 amide bonds. The summed E-state index contributed by atoms with van der Waals surface area (Å²) in [5.41, 5.74) is 0.944. The van der Waals surface area contributed by atoms with Crippen LogP contribution in [0.15, 0.2) is 0 Å². The fourth-order valence-corrected chi connectivity index (χ4v) is 1.85. The van der Waals surface area contributed by atoms with Crippen LogP contribution in [0.4, 0.5) is 0 Å². The van der Waals surface area contributed by atoms with E-state index in [-0.39, 0.29) is 0 Å². The molecule has 0 aliphatic heterocycles. The number of hydrogen-bond acceptors (Lipinski definition) is 0. The lowest BCUT2D eigenvalue weighted by Gasteiger charge is -2.49. The molecule has 0 aromatic carbocycles. The Bertz CT molecular complexity index is 60.5. The van der Waals surface area contributed by atoms with Gasteiger partial charge in [0.05, 0.1) is 0 Å². The molecule has 68 valence electrons. The lowest BCUT2D eigenvalue weighted by molar-refractivity contribution is 0.0314. The third-order valence-corrected chi connectivity index (χ3v) is 2.83. The van der Waals surface area contributed by atoms with E-state index in [1.165, 1.54) is 12.8 Å². The first kappa shape index (κ1) is 11.0. The zero-order valence-electron chi connectivity index (χ0n) is 8.74. The molecule has 0 atom stereocenters. The maximum absolute atomic E-state index is 2.00. The van der Waals surface area contributed by atoms with Crippen molar-refractivity contribution in [2.45, 2.75) is 66.2 Å². The zero-order chi connectivity index (χ0) is 8.74. The Morgan fingerprint density at radius 2 is 0.909 bits per heavy atom. The Morgan fingerprint density at radius 3 is 0.909 bits per heavy atom. The molecule has 0 nitrogen and oxygen atoms in total. The Morgan fingerprint density at radius 1 is 0.636 bits per heavy atom. The number of rotatable bonds is 0. The summed E-state index contributed by atoms with van der Waals surface area (Å²) in [5.74, 6) is 0. The smallest absolute Gasteiger partial charge is 0.0297 e. The van der Waals surface area contributed by atoms with Crippen molar-refractivity contribution < 1.29 is 0 Å². The van der Waals surface area contributed by atoms with Crippen molar-refractivity contribution in [1.82, 2.24) is 0 Å². The summed E-state index contributed by atoms with van der Waals surface area (Å²) in [7, 11) is 0. The van der Waals surface area contributed by atoms with Gasteiger partial charge < -0.3 is 0 Å². The summed E-state index contributed by atoms with van der Waals surface area (Å²) in [5, 5.41) is 0. The molecule has 0 radical (unpaired) electrons. The second kappa shape index (κ2) is 5.62. The largest absolute Gasteiger partial charge is 0.0683 e. The lowest BCUT2D eigenvalue weighted by Crippen LogP contribution is -2.35. The third-order valence-electron chi connectivity index (χ3n) is 2.83. The van der Waals surface area contributed by atoms with E-state index in [1.807, 2.05) is 27.7 Å². The van der Waals surface area contributed by atoms with Crippen molar-refractivity contribution in [2.75, 3.05) is 0 Å². The minimum Gasteiger partial charge on any atom is -0.0683 e. The van der Waals surface area contributed by atoms with E-state index in [9.17, 15) is 0 Å². The highest BCUT2D eigenvalue weighted by Gasteiger charge is 2.41. The lowest BCUT2D eigenvalue weighted by atomic mass is 9.56. The fraction of sp³-hybridized carbons (Fsp3) is 1.00. The van der Waals surface area contributed by atoms with Gasteiger partial charge in [-0.05, 0) is 31.1 Å². The first-order valence-electron chi connectivity index (χ1n) is 5.41. The molecule has 0 N–H and O–H groups in total.